The Bertz CT molecular complexity index is 975. The first-order valence-electron chi connectivity index (χ1n) is 12.4. The lowest BCUT2D eigenvalue weighted by Crippen LogP contribution is -2.31. The Kier molecular flexibility index (Phi) is 5.23. The minimum absolute atomic E-state index is 0.792. The lowest BCUT2D eigenvalue weighted by atomic mass is 9.92. The number of hydrogen-bond donors (Lipinski definition) is 0. The molecule has 0 radical (unpaired) electrons. The van der Waals surface area contributed by atoms with Gasteiger partial charge in [-0.05, 0) is 97.5 Å². The van der Waals surface area contributed by atoms with Crippen LogP contribution in [0.5, 0.6) is 5.75 Å². The van der Waals surface area contributed by atoms with Gasteiger partial charge in [0.25, 0.3) is 0 Å². The molecule has 2 aliphatic heterocycles. The molecular formula is C28H34N2O. The first kappa shape index (κ1) is 19.4. The van der Waals surface area contributed by atoms with E-state index in [9.17, 15) is 0 Å². The zero-order valence-corrected chi connectivity index (χ0v) is 18.6. The lowest BCUT2D eigenvalue weighted by molar-refractivity contribution is 0.205. The molecule has 1 saturated carbocycles. The molecule has 2 fully saturated rings. The molecule has 2 atom stereocenters. The van der Waals surface area contributed by atoms with Crippen LogP contribution in [0, 0.1) is 5.92 Å². The van der Waals surface area contributed by atoms with Gasteiger partial charge < -0.3 is 14.5 Å². The molecular weight excluding hydrogens is 380 g/mol. The fourth-order valence-corrected chi connectivity index (χ4v) is 5.87. The van der Waals surface area contributed by atoms with E-state index >= 15 is 0 Å². The van der Waals surface area contributed by atoms with E-state index in [0.29, 0.717) is 0 Å². The molecule has 1 saturated heterocycles. The summed E-state index contributed by atoms with van der Waals surface area (Å²) in [6.07, 6.45) is 12.5. The number of rotatable bonds is 7. The monoisotopic (exact) mass is 414 g/mol. The van der Waals surface area contributed by atoms with Crippen LogP contribution in [0.3, 0.4) is 0 Å². The van der Waals surface area contributed by atoms with Crippen LogP contribution < -0.4 is 9.64 Å². The summed E-state index contributed by atoms with van der Waals surface area (Å²) in [6.45, 7) is 6.66. The number of anilines is 1. The molecule has 2 aliphatic carbocycles. The maximum Gasteiger partial charge on any atom is 0.119 e. The van der Waals surface area contributed by atoms with Crippen molar-refractivity contribution in [1.29, 1.82) is 0 Å². The number of likely N-dealkylation sites (tertiary alicyclic amines) is 1. The van der Waals surface area contributed by atoms with Crippen LogP contribution in [-0.4, -0.2) is 37.7 Å². The van der Waals surface area contributed by atoms with Crippen molar-refractivity contribution in [3.05, 3.63) is 64.7 Å². The van der Waals surface area contributed by atoms with Crippen molar-refractivity contribution in [2.45, 2.75) is 51.0 Å². The lowest BCUT2D eigenvalue weighted by Gasteiger charge is -2.26. The average molecular weight is 415 g/mol. The summed E-state index contributed by atoms with van der Waals surface area (Å²) in [4.78, 5) is 5.15. The zero-order chi connectivity index (χ0) is 20.6. The Morgan fingerprint density at radius 1 is 1.00 bits per heavy atom. The molecule has 0 N–H and O–H groups in total. The summed E-state index contributed by atoms with van der Waals surface area (Å²) in [6, 6.07) is 13.7. The maximum atomic E-state index is 6.11. The highest BCUT2D eigenvalue weighted by molar-refractivity contribution is 5.66. The molecule has 3 nitrogen and oxygen atoms in total. The van der Waals surface area contributed by atoms with Crippen molar-refractivity contribution in [2.24, 2.45) is 5.92 Å². The standard InChI is InChI=1S/C28H34N2O/c1-2-13-29(14-3-1)15-5-17-31-24-9-11-28-22(18-24)12-16-30(28)20-23-6-4-7-26-25(23)10-8-21-19-27(21)26/h4,6-11,18,21,27H,1-3,5,12-17,19-20H2. The summed E-state index contributed by atoms with van der Waals surface area (Å²) >= 11 is 0. The van der Waals surface area contributed by atoms with Gasteiger partial charge in [0.2, 0.25) is 0 Å². The number of fused-ring (bicyclic) bond motifs is 4. The minimum Gasteiger partial charge on any atom is -0.494 e. The molecule has 6 rings (SSSR count). The van der Waals surface area contributed by atoms with E-state index in [-0.39, 0.29) is 0 Å². The molecule has 31 heavy (non-hydrogen) atoms. The van der Waals surface area contributed by atoms with Gasteiger partial charge in [-0.2, -0.15) is 0 Å². The van der Waals surface area contributed by atoms with Crippen molar-refractivity contribution >= 4 is 11.8 Å². The van der Waals surface area contributed by atoms with Crippen LogP contribution in [-0.2, 0) is 13.0 Å². The van der Waals surface area contributed by atoms with E-state index in [0.717, 1.165) is 50.1 Å². The first-order valence-corrected chi connectivity index (χ1v) is 12.4. The third kappa shape index (κ3) is 4.01. The van der Waals surface area contributed by atoms with E-state index < -0.39 is 0 Å². The number of allylic oxidation sites excluding steroid dienone is 1. The Balaban J connectivity index is 1.07. The number of nitrogens with zero attached hydrogens (tertiary/aromatic N) is 2. The average Bonchev–Trinajstić information content (AvgIpc) is 3.52. The highest BCUT2D eigenvalue weighted by Gasteiger charge is 2.40. The fourth-order valence-electron chi connectivity index (χ4n) is 5.87. The normalized spacial score (nSPS) is 23.9. The molecule has 162 valence electrons. The van der Waals surface area contributed by atoms with Gasteiger partial charge in [-0.15, -0.1) is 0 Å². The highest BCUT2D eigenvalue weighted by atomic mass is 16.5. The molecule has 0 bridgehead atoms. The molecule has 2 heterocycles. The van der Waals surface area contributed by atoms with Gasteiger partial charge in [0.1, 0.15) is 5.75 Å². The quantitative estimate of drug-likeness (QED) is 0.546. The predicted molar refractivity (Wildman–Crippen MR) is 128 cm³/mol. The molecule has 0 spiro atoms. The number of hydrogen-bond acceptors (Lipinski definition) is 3. The van der Waals surface area contributed by atoms with E-state index in [1.807, 2.05) is 0 Å². The number of piperidine rings is 1. The topological polar surface area (TPSA) is 15.7 Å². The van der Waals surface area contributed by atoms with E-state index in [4.69, 9.17) is 4.74 Å². The Labute approximate surface area is 186 Å². The summed E-state index contributed by atoms with van der Waals surface area (Å²) in [5.74, 6) is 2.65. The van der Waals surface area contributed by atoms with Crippen molar-refractivity contribution < 1.29 is 4.74 Å². The van der Waals surface area contributed by atoms with Gasteiger partial charge in [-0.1, -0.05) is 36.8 Å². The molecule has 0 amide bonds. The van der Waals surface area contributed by atoms with Gasteiger partial charge in [0, 0.05) is 25.3 Å². The molecule has 2 aromatic carbocycles. The highest BCUT2D eigenvalue weighted by Crippen LogP contribution is 2.53. The van der Waals surface area contributed by atoms with E-state index in [2.05, 4.69) is 58.4 Å². The third-order valence-corrected chi connectivity index (χ3v) is 7.72. The van der Waals surface area contributed by atoms with Crippen molar-refractivity contribution in [1.82, 2.24) is 4.90 Å². The van der Waals surface area contributed by atoms with Crippen LogP contribution in [0.4, 0.5) is 5.69 Å². The molecule has 2 unspecified atom stereocenters. The smallest absolute Gasteiger partial charge is 0.119 e. The van der Waals surface area contributed by atoms with Crippen LogP contribution in [0.2, 0.25) is 0 Å². The number of benzene rings is 2. The second-order valence-electron chi connectivity index (χ2n) is 9.85. The third-order valence-electron chi connectivity index (χ3n) is 7.72. The van der Waals surface area contributed by atoms with Gasteiger partial charge in [-0.3, -0.25) is 0 Å². The SMILES string of the molecule is C1=CC2CC2c2cccc(CN3CCc4cc(OCCCN5CCCCC5)ccc43)c21. The van der Waals surface area contributed by atoms with Crippen molar-refractivity contribution in [2.75, 3.05) is 37.7 Å². The second kappa shape index (κ2) is 8.35. The van der Waals surface area contributed by atoms with Crippen LogP contribution >= 0.6 is 0 Å². The minimum atomic E-state index is 0.792. The van der Waals surface area contributed by atoms with Gasteiger partial charge in [-0.25, -0.2) is 0 Å². The number of ether oxygens (including phenoxy) is 1. The van der Waals surface area contributed by atoms with Crippen LogP contribution in [0.25, 0.3) is 6.08 Å². The first-order chi connectivity index (χ1) is 15.3. The Hall–Kier alpha value is -2.26. The molecule has 2 aromatic rings. The van der Waals surface area contributed by atoms with E-state index in [1.54, 1.807) is 5.56 Å². The summed E-state index contributed by atoms with van der Waals surface area (Å²) in [7, 11) is 0. The largest absolute Gasteiger partial charge is 0.494 e. The summed E-state index contributed by atoms with van der Waals surface area (Å²) < 4.78 is 6.11. The van der Waals surface area contributed by atoms with E-state index in [1.165, 1.54) is 67.7 Å². The fraction of sp³-hybridized carbons (Fsp3) is 0.500. The van der Waals surface area contributed by atoms with Crippen LogP contribution in [0.15, 0.2) is 42.5 Å². The molecule has 4 aliphatic rings. The second-order valence-corrected chi connectivity index (χ2v) is 9.85. The Morgan fingerprint density at radius 2 is 1.94 bits per heavy atom. The van der Waals surface area contributed by atoms with Crippen molar-refractivity contribution in [3.63, 3.8) is 0 Å². The van der Waals surface area contributed by atoms with Gasteiger partial charge in [0.05, 0.1) is 6.61 Å². The molecule has 0 aromatic heterocycles. The molecule has 3 heteroatoms. The predicted octanol–water partition coefficient (Wildman–Crippen LogP) is 5.63. The van der Waals surface area contributed by atoms with Crippen LogP contribution in [0.1, 0.15) is 60.3 Å². The maximum absolute atomic E-state index is 6.11. The summed E-state index contributed by atoms with van der Waals surface area (Å²) in [5.41, 5.74) is 7.38. The van der Waals surface area contributed by atoms with Crippen molar-refractivity contribution in [3.8, 4) is 5.75 Å². The Morgan fingerprint density at radius 3 is 2.87 bits per heavy atom. The van der Waals surface area contributed by atoms with Gasteiger partial charge in [0.15, 0.2) is 0 Å². The van der Waals surface area contributed by atoms with Gasteiger partial charge >= 0.3 is 0 Å². The summed E-state index contributed by atoms with van der Waals surface area (Å²) in [5, 5.41) is 0. The zero-order valence-electron chi connectivity index (χ0n) is 18.6.